The van der Waals surface area contributed by atoms with Gasteiger partial charge in [0.25, 0.3) is 11.5 Å². The fraction of sp³-hybridized carbons (Fsp3) is 0. The van der Waals surface area contributed by atoms with Gasteiger partial charge in [-0.25, -0.2) is 10.1 Å². The van der Waals surface area contributed by atoms with Crippen LogP contribution in [0.1, 0.15) is 10.5 Å². The average molecular weight is 295 g/mol. The number of nitrogens with zero attached hydrogens (tertiary/aromatic N) is 2. The SMILES string of the molecule is O=C(Nc1cccnc1Br)c1ccc(=O)[nH]n1. The summed E-state index contributed by atoms with van der Waals surface area (Å²) in [5, 5.41) is 8.42. The van der Waals surface area contributed by atoms with Gasteiger partial charge in [-0.15, -0.1) is 0 Å². The Balaban J connectivity index is 2.20. The lowest BCUT2D eigenvalue weighted by Crippen LogP contribution is -2.17. The highest BCUT2D eigenvalue weighted by Gasteiger charge is 2.09. The molecule has 0 aromatic carbocycles. The van der Waals surface area contributed by atoms with E-state index in [1.807, 2.05) is 0 Å². The first-order valence-electron chi connectivity index (χ1n) is 4.64. The maximum absolute atomic E-state index is 11.7. The first-order valence-corrected chi connectivity index (χ1v) is 5.44. The maximum atomic E-state index is 11.7. The van der Waals surface area contributed by atoms with Crippen molar-refractivity contribution in [1.82, 2.24) is 15.2 Å². The van der Waals surface area contributed by atoms with E-state index >= 15 is 0 Å². The highest BCUT2D eigenvalue weighted by Crippen LogP contribution is 2.18. The lowest BCUT2D eigenvalue weighted by Gasteiger charge is -2.04. The second kappa shape index (κ2) is 4.88. The summed E-state index contributed by atoms with van der Waals surface area (Å²) < 4.78 is 0.526. The third-order valence-electron chi connectivity index (χ3n) is 1.92. The van der Waals surface area contributed by atoms with Crippen molar-refractivity contribution < 1.29 is 4.79 Å². The molecule has 2 N–H and O–H groups in total. The van der Waals surface area contributed by atoms with Crippen molar-refractivity contribution in [3.05, 3.63) is 51.1 Å². The normalized spacial score (nSPS) is 9.94. The molecule has 0 unspecified atom stereocenters. The van der Waals surface area contributed by atoms with Crippen molar-refractivity contribution in [2.75, 3.05) is 5.32 Å². The van der Waals surface area contributed by atoms with Crippen LogP contribution in [-0.4, -0.2) is 21.1 Å². The summed E-state index contributed by atoms with van der Waals surface area (Å²) in [5.41, 5.74) is 0.301. The molecule has 17 heavy (non-hydrogen) atoms. The van der Waals surface area contributed by atoms with E-state index in [1.165, 1.54) is 12.1 Å². The van der Waals surface area contributed by atoms with Gasteiger partial charge in [-0.2, -0.15) is 5.10 Å². The standard InChI is InChI=1S/C10H7BrN4O2/c11-9-6(2-1-5-12-9)13-10(17)7-3-4-8(16)15-14-7/h1-5H,(H,13,17)(H,15,16). The topological polar surface area (TPSA) is 87.7 Å². The third kappa shape index (κ3) is 2.76. The Hall–Kier alpha value is -2.02. The van der Waals surface area contributed by atoms with Crippen LogP contribution in [0.3, 0.4) is 0 Å². The quantitative estimate of drug-likeness (QED) is 0.814. The monoisotopic (exact) mass is 294 g/mol. The van der Waals surface area contributed by atoms with Crippen molar-refractivity contribution in [1.29, 1.82) is 0 Å². The van der Waals surface area contributed by atoms with Crippen molar-refractivity contribution in [2.24, 2.45) is 0 Å². The molecule has 0 aliphatic heterocycles. The first-order chi connectivity index (χ1) is 8.16. The predicted molar refractivity (Wildman–Crippen MR) is 64.7 cm³/mol. The smallest absolute Gasteiger partial charge is 0.276 e. The minimum Gasteiger partial charge on any atom is -0.318 e. The van der Waals surface area contributed by atoms with Crippen LogP contribution in [0.2, 0.25) is 0 Å². The van der Waals surface area contributed by atoms with Crippen LogP contribution in [-0.2, 0) is 0 Å². The molecule has 0 atom stereocenters. The molecule has 0 fully saturated rings. The number of nitrogens with one attached hydrogen (secondary N) is 2. The molecule has 1 amide bonds. The number of hydrogen-bond donors (Lipinski definition) is 2. The van der Waals surface area contributed by atoms with Gasteiger partial charge in [0.15, 0.2) is 0 Å². The molecular formula is C10H7BrN4O2. The Labute approximate surface area is 104 Å². The number of pyridine rings is 1. The summed E-state index contributed by atoms with van der Waals surface area (Å²) in [6, 6.07) is 5.97. The van der Waals surface area contributed by atoms with Gasteiger partial charge in [0.1, 0.15) is 10.3 Å². The number of carbonyl (C=O) groups is 1. The van der Waals surface area contributed by atoms with Crippen molar-refractivity contribution in [2.45, 2.75) is 0 Å². The van der Waals surface area contributed by atoms with Crippen molar-refractivity contribution in [3.63, 3.8) is 0 Å². The number of rotatable bonds is 2. The molecule has 86 valence electrons. The molecule has 0 aliphatic rings. The zero-order valence-corrected chi connectivity index (χ0v) is 10.1. The molecule has 7 heteroatoms. The molecule has 0 bridgehead atoms. The lowest BCUT2D eigenvalue weighted by atomic mass is 10.3. The molecular weight excluding hydrogens is 288 g/mol. The number of anilines is 1. The summed E-state index contributed by atoms with van der Waals surface area (Å²) in [5.74, 6) is -0.421. The Kier molecular flexibility index (Phi) is 3.29. The fourth-order valence-electron chi connectivity index (χ4n) is 1.14. The lowest BCUT2D eigenvalue weighted by molar-refractivity contribution is 0.102. The highest BCUT2D eigenvalue weighted by molar-refractivity contribution is 9.10. The summed E-state index contributed by atoms with van der Waals surface area (Å²) in [4.78, 5) is 26.5. The van der Waals surface area contributed by atoms with Gasteiger partial charge < -0.3 is 5.32 Å². The molecule has 0 aliphatic carbocycles. The van der Waals surface area contributed by atoms with Crippen LogP contribution in [0.4, 0.5) is 5.69 Å². The van der Waals surface area contributed by atoms with E-state index in [2.05, 4.69) is 36.4 Å². The molecule has 2 aromatic rings. The van der Waals surface area contributed by atoms with Crippen LogP contribution >= 0.6 is 15.9 Å². The zero-order valence-electron chi connectivity index (χ0n) is 8.48. The highest BCUT2D eigenvalue weighted by atomic mass is 79.9. The van der Waals surface area contributed by atoms with Gasteiger partial charge in [0.05, 0.1) is 5.69 Å². The molecule has 0 saturated heterocycles. The number of halogens is 1. The molecule has 0 saturated carbocycles. The van der Waals surface area contributed by atoms with E-state index in [0.717, 1.165) is 0 Å². The van der Waals surface area contributed by atoms with E-state index < -0.39 is 5.91 Å². The summed E-state index contributed by atoms with van der Waals surface area (Å²) in [6.45, 7) is 0. The van der Waals surface area contributed by atoms with Crippen LogP contribution in [0.15, 0.2) is 39.9 Å². The van der Waals surface area contributed by atoms with E-state index in [-0.39, 0.29) is 11.3 Å². The second-order valence-corrected chi connectivity index (χ2v) is 3.85. The Bertz CT molecular complexity index is 591. The molecule has 2 rings (SSSR count). The van der Waals surface area contributed by atoms with Gasteiger partial charge in [-0.1, -0.05) is 0 Å². The number of carbonyl (C=O) groups excluding carboxylic acids is 1. The molecule has 2 aromatic heterocycles. The Morgan fingerprint density at radius 3 is 2.82 bits per heavy atom. The minimum atomic E-state index is -0.421. The van der Waals surface area contributed by atoms with E-state index in [9.17, 15) is 9.59 Å². The summed E-state index contributed by atoms with van der Waals surface area (Å²) in [6.07, 6.45) is 1.60. The molecule has 0 spiro atoms. The number of aromatic nitrogens is 3. The number of aromatic amines is 1. The van der Waals surface area contributed by atoms with Gasteiger partial charge >= 0.3 is 0 Å². The largest absolute Gasteiger partial charge is 0.318 e. The summed E-state index contributed by atoms with van der Waals surface area (Å²) >= 11 is 3.20. The Morgan fingerprint density at radius 2 is 2.18 bits per heavy atom. The van der Waals surface area contributed by atoms with E-state index in [0.29, 0.717) is 10.3 Å². The zero-order chi connectivity index (χ0) is 12.3. The third-order valence-corrected chi connectivity index (χ3v) is 2.55. The van der Waals surface area contributed by atoms with Gasteiger partial charge in [-0.3, -0.25) is 9.59 Å². The minimum absolute atomic E-state index is 0.125. The van der Waals surface area contributed by atoms with Crippen molar-refractivity contribution >= 4 is 27.5 Å². The van der Waals surface area contributed by atoms with Crippen LogP contribution < -0.4 is 10.9 Å². The number of amides is 1. The first kappa shape index (κ1) is 11.5. The molecule has 2 heterocycles. The van der Waals surface area contributed by atoms with Crippen molar-refractivity contribution in [3.8, 4) is 0 Å². The van der Waals surface area contributed by atoms with E-state index in [1.54, 1.807) is 18.3 Å². The van der Waals surface area contributed by atoms with E-state index in [4.69, 9.17) is 0 Å². The average Bonchev–Trinajstić information content (AvgIpc) is 2.33. The molecule has 0 radical (unpaired) electrons. The Morgan fingerprint density at radius 1 is 1.35 bits per heavy atom. The number of H-pyrrole nitrogens is 1. The van der Waals surface area contributed by atoms with Gasteiger partial charge in [-0.05, 0) is 34.1 Å². The molecule has 6 nitrogen and oxygen atoms in total. The summed E-state index contributed by atoms with van der Waals surface area (Å²) in [7, 11) is 0. The van der Waals surface area contributed by atoms with Gasteiger partial charge in [0, 0.05) is 12.3 Å². The predicted octanol–water partition coefficient (Wildman–Crippen LogP) is 1.18. The fourth-order valence-corrected chi connectivity index (χ4v) is 1.49. The number of hydrogen-bond acceptors (Lipinski definition) is 4. The second-order valence-electron chi connectivity index (χ2n) is 3.10. The van der Waals surface area contributed by atoms with Crippen LogP contribution in [0, 0.1) is 0 Å². The van der Waals surface area contributed by atoms with Gasteiger partial charge in [0.2, 0.25) is 0 Å². The van der Waals surface area contributed by atoms with Crippen LogP contribution in [0.25, 0.3) is 0 Å². The van der Waals surface area contributed by atoms with Crippen LogP contribution in [0.5, 0.6) is 0 Å². The maximum Gasteiger partial charge on any atom is 0.276 e.